The Balaban J connectivity index is 2.29. The standard InChI is InChI=1S/C13H17N3O4S2/c1-3-4-20-13(19)15-5-10-7-22-12(16-10)6-14-11(18)8-21-9(2)17/h3,7H,1,4-6,8H2,2H3,(H,14,18)(H,15,19). The zero-order valence-corrected chi connectivity index (χ0v) is 13.7. The maximum atomic E-state index is 11.5. The molecule has 0 radical (unpaired) electrons. The average molecular weight is 343 g/mol. The van der Waals surface area contributed by atoms with Gasteiger partial charge in [0, 0.05) is 12.3 Å². The van der Waals surface area contributed by atoms with Crippen LogP contribution in [0.2, 0.25) is 0 Å². The van der Waals surface area contributed by atoms with Crippen molar-refractivity contribution in [3.8, 4) is 0 Å². The summed E-state index contributed by atoms with van der Waals surface area (Å²) >= 11 is 2.34. The summed E-state index contributed by atoms with van der Waals surface area (Å²) in [6, 6.07) is 0. The molecule has 0 aliphatic carbocycles. The number of aromatic nitrogens is 1. The van der Waals surface area contributed by atoms with Gasteiger partial charge in [0.05, 0.1) is 24.5 Å². The fourth-order valence-electron chi connectivity index (χ4n) is 1.25. The van der Waals surface area contributed by atoms with Gasteiger partial charge in [-0.3, -0.25) is 9.59 Å². The first kappa shape index (κ1) is 18.2. The molecule has 9 heteroatoms. The Morgan fingerprint density at radius 2 is 2.18 bits per heavy atom. The predicted octanol–water partition coefficient (Wildman–Crippen LogP) is 1.45. The fraction of sp³-hybridized carbons (Fsp3) is 0.385. The molecule has 0 aliphatic rings. The third-order valence-corrected chi connectivity index (χ3v) is 3.90. The summed E-state index contributed by atoms with van der Waals surface area (Å²) in [6.07, 6.45) is 0.942. The lowest BCUT2D eigenvalue weighted by Crippen LogP contribution is -2.25. The summed E-state index contributed by atoms with van der Waals surface area (Å²) in [4.78, 5) is 37.7. The van der Waals surface area contributed by atoms with Crippen LogP contribution < -0.4 is 10.6 Å². The summed E-state index contributed by atoms with van der Waals surface area (Å²) in [6.45, 7) is 5.55. The zero-order valence-electron chi connectivity index (χ0n) is 12.1. The fourth-order valence-corrected chi connectivity index (χ4v) is 2.42. The van der Waals surface area contributed by atoms with Gasteiger partial charge in [0.2, 0.25) is 5.91 Å². The van der Waals surface area contributed by atoms with Gasteiger partial charge in [-0.05, 0) is 0 Å². The van der Waals surface area contributed by atoms with Crippen LogP contribution in [0.25, 0.3) is 0 Å². The van der Waals surface area contributed by atoms with E-state index in [1.807, 2.05) is 0 Å². The summed E-state index contributed by atoms with van der Waals surface area (Å²) < 4.78 is 4.77. The first-order valence-electron chi connectivity index (χ1n) is 6.36. The Bertz CT molecular complexity index is 545. The Hall–Kier alpha value is -1.87. The van der Waals surface area contributed by atoms with E-state index in [1.165, 1.54) is 24.3 Å². The van der Waals surface area contributed by atoms with Gasteiger partial charge in [-0.1, -0.05) is 24.4 Å². The Labute approximate surface area is 136 Å². The van der Waals surface area contributed by atoms with Crippen LogP contribution >= 0.6 is 23.1 Å². The number of alkyl carbamates (subject to hydrolysis) is 1. The number of hydrogen-bond acceptors (Lipinski definition) is 7. The van der Waals surface area contributed by atoms with Crippen molar-refractivity contribution in [3.05, 3.63) is 28.7 Å². The highest BCUT2D eigenvalue weighted by Crippen LogP contribution is 2.09. The quantitative estimate of drug-likeness (QED) is 0.694. The molecule has 0 spiro atoms. The Morgan fingerprint density at radius 3 is 2.86 bits per heavy atom. The minimum absolute atomic E-state index is 0.0962. The van der Waals surface area contributed by atoms with Crippen molar-refractivity contribution < 1.29 is 19.1 Å². The number of rotatable bonds is 8. The highest BCUT2D eigenvalue weighted by Gasteiger charge is 2.07. The summed E-state index contributed by atoms with van der Waals surface area (Å²) in [5.74, 6) is -0.118. The summed E-state index contributed by atoms with van der Waals surface area (Å²) in [5.41, 5.74) is 0.683. The van der Waals surface area contributed by atoms with E-state index in [-0.39, 0.29) is 29.9 Å². The van der Waals surface area contributed by atoms with Crippen molar-refractivity contribution in [3.63, 3.8) is 0 Å². The Morgan fingerprint density at radius 1 is 1.41 bits per heavy atom. The normalized spacial score (nSPS) is 9.86. The van der Waals surface area contributed by atoms with E-state index in [0.717, 1.165) is 16.8 Å². The van der Waals surface area contributed by atoms with E-state index < -0.39 is 6.09 Å². The largest absolute Gasteiger partial charge is 0.445 e. The van der Waals surface area contributed by atoms with Gasteiger partial charge in [0.1, 0.15) is 11.6 Å². The second-order valence-electron chi connectivity index (χ2n) is 4.03. The molecule has 0 aliphatic heterocycles. The molecule has 0 fully saturated rings. The van der Waals surface area contributed by atoms with E-state index in [4.69, 9.17) is 4.74 Å². The number of thioether (sulfide) groups is 1. The molecule has 22 heavy (non-hydrogen) atoms. The third-order valence-electron chi connectivity index (χ3n) is 2.19. The van der Waals surface area contributed by atoms with Gasteiger partial charge < -0.3 is 15.4 Å². The van der Waals surface area contributed by atoms with Crippen molar-refractivity contribution in [1.82, 2.24) is 15.6 Å². The molecule has 7 nitrogen and oxygen atoms in total. The molecule has 0 bridgehead atoms. The molecule has 1 heterocycles. The van der Waals surface area contributed by atoms with Gasteiger partial charge in [-0.2, -0.15) is 0 Å². The molecule has 1 aromatic rings. The topological polar surface area (TPSA) is 97.4 Å². The highest BCUT2D eigenvalue weighted by atomic mass is 32.2. The molecule has 2 N–H and O–H groups in total. The third kappa shape index (κ3) is 7.79. The maximum absolute atomic E-state index is 11.5. The molecule has 0 saturated heterocycles. The van der Waals surface area contributed by atoms with E-state index in [1.54, 1.807) is 5.38 Å². The molecule has 0 saturated carbocycles. The second-order valence-corrected chi connectivity index (χ2v) is 6.13. The van der Waals surface area contributed by atoms with Crippen molar-refractivity contribution in [1.29, 1.82) is 0 Å². The van der Waals surface area contributed by atoms with Gasteiger partial charge in [0.25, 0.3) is 0 Å². The predicted molar refractivity (Wildman–Crippen MR) is 85.5 cm³/mol. The SMILES string of the molecule is C=CCOC(=O)NCc1csc(CNC(=O)CSC(C)=O)n1. The molecular formula is C13H17N3O4S2. The molecule has 0 unspecified atom stereocenters. The van der Waals surface area contributed by atoms with Gasteiger partial charge >= 0.3 is 6.09 Å². The molecule has 2 amide bonds. The van der Waals surface area contributed by atoms with E-state index in [0.29, 0.717) is 12.2 Å². The number of carbonyl (C=O) groups is 3. The molecule has 1 rings (SSSR count). The van der Waals surface area contributed by atoms with Crippen molar-refractivity contribution in [2.75, 3.05) is 12.4 Å². The number of thiazole rings is 1. The van der Waals surface area contributed by atoms with Crippen molar-refractivity contribution in [2.45, 2.75) is 20.0 Å². The zero-order chi connectivity index (χ0) is 16.4. The first-order valence-corrected chi connectivity index (χ1v) is 8.22. The maximum Gasteiger partial charge on any atom is 0.407 e. The van der Waals surface area contributed by atoms with Crippen LogP contribution in [0, 0.1) is 0 Å². The van der Waals surface area contributed by atoms with Gasteiger partial charge in [-0.25, -0.2) is 9.78 Å². The lowest BCUT2D eigenvalue weighted by molar-refractivity contribution is -0.119. The van der Waals surface area contributed by atoms with E-state index in [2.05, 4.69) is 22.2 Å². The Kier molecular flexibility index (Phi) is 8.23. The molecule has 0 aromatic carbocycles. The molecule has 1 aromatic heterocycles. The van der Waals surface area contributed by atoms with Crippen LogP contribution in [0.15, 0.2) is 18.0 Å². The van der Waals surface area contributed by atoms with Gasteiger partial charge in [-0.15, -0.1) is 11.3 Å². The molecular weight excluding hydrogens is 326 g/mol. The van der Waals surface area contributed by atoms with E-state index in [9.17, 15) is 14.4 Å². The smallest absolute Gasteiger partial charge is 0.407 e. The number of ether oxygens (including phenoxy) is 1. The second kappa shape index (κ2) is 9.96. The van der Waals surface area contributed by atoms with Crippen LogP contribution in [0.4, 0.5) is 4.79 Å². The van der Waals surface area contributed by atoms with Crippen LogP contribution in [0.1, 0.15) is 17.6 Å². The average Bonchev–Trinajstić information content (AvgIpc) is 2.94. The van der Waals surface area contributed by atoms with Crippen LogP contribution in [-0.2, 0) is 27.4 Å². The minimum atomic E-state index is -0.538. The lowest BCUT2D eigenvalue weighted by atomic mass is 10.5. The highest BCUT2D eigenvalue weighted by molar-refractivity contribution is 8.14. The van der Waals surface area contributed by atoms with E-state index >= 15 is 0 Å². The van der Waals surface area contributed by atoms with Gasteiger partial charge in [0.15, 0.2) is 5.12 Å². The van der Waals surface area contributed by atoms with Crippen molar-refractivity contribution >= 4 is 40.2 Å². The van der Waals surface area contributed by atoms with Crippen LogP contribution in [0.3, 0.4) is 0 Å². The van der Waals surface area contributed by atoms with Crippen LogP contribution in [-0.4, -0.2) is 34.5 Å². The monoisotopic (exact) mass is 343 g/mol. The first-order chi connectivity index (χ1) is 10.5. The van der Waals surface area contributed by atoms with Crippen molar-refractivity contribution in [2.24, 2.45) is 0 Å². The number of nitrogens with zero attached hydrogens (tertiary/aromatic N) is 1. The summed E-state index contributed by atoms with van der Waals surface area (Å²) in [7, 11) is 0. The number of carbonyl (C=O) groups excluding carboxylic acids is 3. The lowest BCUT2D eigenvalue weighted by Gasteiger charge is -2.03. The number of hydrogen-bond donors (Lipinski definition) is 2. The summed E-state index contributed by atoms with van der Waals surface area (Å²) in [5, 5.41) is 7.64. The minimum Gasteiger partial charge on any atom is -0.445 e. The van der Waals surface area contributed by atoms with Crippen LogP contribution in [0.5, 0.6) is 0 Å². The molecule has 0 atom stereocenters. The molecule has 120 valence electrons. The number of amides is 2. The number of nitrogens with one attached hydrogen (secondary N) is 2.